The molecule has 3 heterocycles. The maximum atomic E-state index is 13.4. The van der Waals surface area contributed by atoms with E-state index in [4.69, 9.17) is 4.98 Å². The van der Waals surface area contributed by atoms with Gasteiger partial charge in [-0.25, -0.2) is 4.98 Å². The van der Waals surface area contributed by atoms with Crippen LogP contribution in [0.25, 0.3) is 21.5 Å². The molecular formula is C22H24N2OS. The first-order valence-corrected chi connectivity index (χ1v) is 10.2. The maximum Gasteiger partial charge on any atom is 0.254 e. The number of fused-ring (bicyclic) bond motifs is 1. The van der Waals surface area contributed by atoms with Crippen molar-refractivity contribution in [3.05, 3.63) is 52.4 Å². The number of hydrogen-bond donors (Lipinski definition) is 0. The van der Waals surface area contributed by atoms with Crippen LogP contribution < -0.4 is 0 Å². The lowest BCUT2D eigenvalue weighted by Gasteiger charge is -2.33. The summed E-state index contributed by atoms with van der Waals surface area (Å²) in [4.78, 5) is 21.5. The minimum atomic E-state index is 0.144. The van der Waals surface area contributed by atoms with Gasteiger partial charge < -0.3 is 4.90 Å². The molecule has 0 radical (unpaired) electrons. The molecule has 0 N–H and O–H groups in total. The summed E-state index contributed by atoms with van der Waals surface area (Å²) in [7, 11) is 0. The minimum absolute atomic E-state index is 0.144. The van der Waals surface area contributed by atoms with Gasteiger partial charge >= 0.3 is 0 Å². The molecule has 1 aliphatic heterocycles. The van der Waals surface area contributed by atoms with Crippen molar-refractivity contribution < 1.29 is 4.79 Å². The standard InChI is InChI=1S/C22H24N2OS/c1-14-11-17-18(22(25)24-9-5-4-7-16(24)3)13-20(21-8-6-10-26-21)23-19(17)12-15(14)2/h6,8,10-13,16H,4-5,7,9H2,1-3H3. The fourth-order valence-electron chi connectivity index (χ4n) is 3.77. The number of thiophene rings is 1. The van der Waals surface area contributed by atoms with E-state index in [1.54, 1.807) is 11.3 Å². The fraction of sp³-hybridized carbons (Fsp3) is 0.364. The first kappa shape index (κ1) is 17.2. The van der Waals surface area contributed by atoms with Crippen LogP contribution in [-0.4, -0.2) is 28.4 Å². The molecular weight excluding hydrogens is 340 g/mol. The zero-order chi connectivity index (χ0) is 18.3. The number of hydrogen-bond acceptors (Lipinski definition) is 3. The van der Waals surface area contributed by atoms with E-state index < -0.39 is 0 Å². The van der Waals surface area contributed by atoms with Crippen molar-refractivity contribution in [2.24, 2.45) is 0 Å². The molecule has 26 heavy (non-hydrogen) atoms. The average Bonchev–Trinajstić information content (AvgIpc) is 3.16. The van der Waals surface area contributed by atoms with Crippen LogP contribution in [0.2, 0.25) is 0 Å². The lowest BCUT2D eigenvalue weighted by Crippen LogP contribution is -2.42. The van der Waals surface area contributed by atoms with Crippen LogP contribution in [0.3, 0.4) is 0 Å². The molecule has 4 heteroatoms. The number of aryl methyl sites for hydroxylation is 2. The van der Waals surface area contributed by atoms with Gasteiger partial charge in [0.2, 0.25) is 0 Å². The molecule has 0 aliphatic carbocycles. The zero-order valence-corrected chi connectivity index (χ0v) is 16.4. The normalized spacial score (nSPS) is 17.7. The quantitative estimate of drug-likeness (QED) is 0.593. The molecule has 1 saturated heterocycles. The molecule has 3 nitrogen and oxygen atoms in total. The molecule has 0 bridgehead atoms. The predicted molar refractivity (Wildman–Crippen MR) is 109 cm³/mol. The Hall–Kier alpha value is -2.20. The van der Waals surface area contributed by atoms with E-state index in [9.17, 15) is 4.79 Å². The van der Waals surface area contributed by atoms with Gasteiger partial charge in [-0.3, -0.25) is 4.79 Å². The smallest absolute Gasteiger partial charge is 0.254 e. The highest BCUT2D eigenvalue weighted by molar-refractivity contribution is 7.13. The summed E-state index contributed by atoms with van der Waals surface area (Å²) >= 11 is 1.66. The van der Waals surface area contributed by atoms with Gasteiger partial charge in [-0.05, 0) is 80.8 Å². The molecule has 0 saturated carbocycles. The van der Waals surface area contributed by atoms with Crippen LogP contribution in [-0.2, 0) is 0 Å². The van der Waals surface area contributed by atoms with Crippen LogP contribution >= 0.6 is 11.3 Å². The second-order valence-electron chi connectivity index (χ2n) is 7.33. The number of carbonyl (C=O) groups excluding carboxylic acids is 1. The number of amides is 1. The van der Waals surface area contributed by atoms with Crippen molar-refractivity contribution in [3.63, 3.8) is 0 Å². The van der Waals surface area contributed by atoms with Crippen molar-refractivity contribution in [2.45, 2.75) is 46.1 Å². The number of likely N-dealkylation sites (tertiary alicyclic amines) is 1. The van der Waals surface area contributed by atoms with E-state index in [0.717, 1.165) is 46.4 Å². The van der Waals surface area contributed by atoms with Crippen molar-refractivity contribution >= 4 is 28.1 Å². The van der Waals surface area contributed by atoms with E-state index in [-0.39, 0.29) is 5.91 Å². The fourth-order valence-corrected chi connectivity index (χ4v) is 4.45. The predicted octanol–water partition coefficient (Wildman–Crippen LogP) is 5.59. The summed E-state index contributed by atoms with van der Waals surface area (Å²) in [6.07, 6.45) is 3.39. The molecule has 3 aromatic rings. The van der Waals surface area contributed by atoms with Crippen LogP contribution in [0.4, 0.5) is 0 Å². The third kappa shape index (κ3) is 3.03. The van der Waals surface area contributed by atoms with Gasteiger partial charge in [-0.15, -0.1) is 11.3 Å². The number of nitrogens with zero attached hydrogens (tertiary/aromatic N) is 2. The Bertz CT molecular complexity index is 962. The lowest BCUT2D eigenvalue weighted by atomic mass is 9.98. The van der Waals surface area contributed by atoms with E-state index in [1.165, 1.54) is 17.5 Å². The molecule has 1 aromatic carbocycles. The SMILES string of the molecule is Cc1cc2nc(-c3cccs3)cc(C(=O)N3CCCCC3C)c2cc1C. The van der Waals surface area contributed by atoms with Crippen LogP contribution in [0.1, 0.15) is 47.7 Å². The van der Waals surface area contributed by atoms with Gasteiger partial charge in [-0.2, -0.15) is 0 Å². The Labute approximate surface area is 158 Å². The topological polar surface area (TPSA) is 33.2 Å². The van der Waals surface area contributed by atoms with Gasteiger partial charge in [0.25, 0.3) is 5.91 Å². The number of pyridine rings is 1. The van der Waals surface area contributed by atoms with Crippen LogP contribution in [0, 0.1) is 13.8 Å². The van der Waals surface area contributed by atoms with Crippen LogP contribution in [0.5, 0.6) is 0 Å². The molecule has 1 unspecified atom stereocenters. The van der Waals surface area contributed by atoms with Gasteiger partial charge in [-0.1, -0.05) is 6.07 Å². The summed E-state index contributed by atoms with van der Waals surface area (Å²) < 4.78 is 0. The monoisotopic (exact) mass is 364 g/mol. The van der Waals surface area contributed by atoms with Crippen LogP contribution in [0.15, 0.2) is 35.7 Å². The molecule has 4 rings (SSSR count). The molecule has 1 amide bonds. The van der Waals surface area contributed by atoms with Gasteiger partial charge in [0, 0.05) is 18.0 Å². The molecule has 2 aromatic heterocycles. The van der Waals surface area contributed by atoms with Gasteiger partial charge in [0.15, 0.2) is 0 Å². The molecule has 1 fully saturated rings. The average molecular weight is 365 g/mol. The van der Waals surface area contributed by atoms with E-state index >= 15 is 0 Å². The Morgan fingerprint density at radius 3 is 2.73 bits per heavy atom. The highest BCUT2D eigenvalue weighted by atomic mass is 32.1. The largest absolute Gasteiger partial charge is 0.336 e. The molecule has 134 valence electrons. The second-order valence-corrected chi connectivity index (χ2v) is 8.28. The number of carbonyl (C=O) groups is 1. The van der Waals surface area contributed by atoms with Gasteiger partial charge in [0.05, 0.1) is 21.7 Å². The van der Waals surface area contributed by atoms with Crippen molar-refractivity contribution in [2.75, 3.05) is 6.54 Å². The third-order valence-corrected chi connectivity index (χ3v) is 6.38. The molecule has 1 atom stereocenters. The minimum Gasteiger partial charge on any atom is -0.336 e. The summed E-state index contributed by atoms with van der Waals surface area (Å²) in [6.45, 7) is 7.21. The third-order valence-electron chi connectivity index (χ3n) is 5.49. The molecule has 0 spiro atoms. The second kappa shape index (κ2) is 6.84. The Morgan fingerprint density at radius 2 is 2.00 bits per heavy atom. The van der Waals surface area contributed by atoms with E-state index in [0.29, 0.717) is 6.04 Å². The van der Waals surface area contributed by atoms with Crippen molar-refractivity contribution in [1.29, 1.82) is 0 Å². The highest BCUT2D eigenvalue weighted by Crippen LogP contribution is 2.31. The van der Waals surface area contributed by atoms with Crippen molar-refractivity contribution in [1.82, 2.24) is 9.88 Å². The number of benzene rings is 1. The zero-order valence-electron chi connectivity index (χ0n) is 15.6. The molecule has 1 aliphatic rings. The highest BCUT2D eigenvalue weighted by Gasteiger charge is 2.26. The van der Waals surface area contributed by atoms with E-state index in [2.05, 4.69) is 44.4 Å². The van der Waals surface area contributed by atoms with Gasteiger partial charge in [0.1, 0.15) is 0 Å². The van der Waals surface area contributed by atoms with Crippen molar-refractivity contribution in [3.8, 4) is 10.6 Å². The first-order valence-electron chi connectivity index (χ1n) is 9.31. The summed E-state index contributed by atoms with van der Waals surface area (Å²) in [5.74, 6) is 0.144. The first-order chi connectivity index (χ1) is 12.5. The number of aromatic nitrogens is 1. The number of rotatable bonds is 2. The maximum absolute atomic E-state index is 13.4. The lowest BCUT2D eigenvalue weighted by molar-refractivity contribution is 0.0637. The summed E-state index contributed by atoms with van der Waals surface area (Å²) in [5.41, 5.74) is 4.99. The Kier molecular flexibility index (Phi) is 4.53. The Morgan fingerprint density at radius 1 is 1.19 bits per heavy atom. The summed E-state index contributed by atoms with van der Waals surface area (Å²) in [6, 6.07) is 10.6. The van der Waals surface area contributed by atoms with E-state index in [1.807, 2.05) is 17.0 Å². The summed E-state index contributed by atoms with van der Waals surface area (Å²) in [5, 5.41) is 3.02. The number of piperidine rings is 1. The Balaban J connectivity index is 1.90.